The van der Waals surface area contributed by atoms with Crippen LogP contribution >= 0.6 is 0 Å². The lowest BCUT2D eigenvalue weighted by atomic mass is 10.1. The number of hydrogen-bond donors (Lipinski definition) is 1. The van der Waals surface area contributed by atoms with E-state index in [1.165, 1.54) is 22.0 Å². The molecule has 4 rings (SSSR count). The Bertz CT molecular complexity index is 1210. The van der Waals surface area contributed by atoms with E-state index in [9.17, 15) is 9.59 Å². The number of benzene rings is 2. The summed E-state index contributed by atoms with van der Waals surface area (Å²) in [5.41, 5.74) is 3.54. The van der Waals surface area contributed by atoms with Gasteiger partial charge in [-0.1, -0.05) is 65.3 Å². The van der Waals surface area contributed by atoms with Gasteiger partial charge in [-0.05, 0) is 18.9 Å². The average Bonchev–Trinajstić information content (AvgIpc) is 3.20. The molecule has 0 aliphatic rings. The van der Waals surface area contributed by atoms with E-state index >= 15 is 0 Å². The number of nitrogens with zero attached hydrogens (tertiary/aromatic N) is 3. The van der Waals surface area contributed by atoms with Crippen LogP contribution in [-0.4, -0.2) is 27.2 Å². The average molecular weight is 402 g/mol. The quantitative estimate of drug-likeness (QED) is 0.513. The Morgan fingerprint density at radius 2 is 1.87 bits per heavy atom. The minimum Gasteiger partial charge on any atom is -0.356 e. The van der Waals surface area contributed by atoms with Gasteiger partial charge in [0.2, 0.25) is 5.91 Å². The van der Waals surface area contributed by atoms with Gasteiger partial charge in [0, 0.05) is 25.1 Å². The number of amides is 1. The summed E-state index contributed by atoms with van der Waals surface area (Å²) in [6.45, 7) is 2.83. The summed E-state index contributed by atoms with van der Waals surface area (Å²) in [5.74, 6) is -0.109. The van der Waals surface area contributed by atoms with Crippen molar-refractivity contribution in [3.05, 3.63) is 82.4 Å². The summed E-state index contributed by atoms with van der Waals surface area (Å²) in [5, 5.41) is 7.23. The summed E-state index contributed by atoms with van der Waals surface area (Å²) >= 11 is 0. The van der Waals surface area contributed by atoms with Gasteiger partial charge in [0.15, 0.2) is 0 Å². The number of aryl methyl sites for hydroxylation is 2. The molecule has 0 atom stereocenters. The van der Waals surface area contributed by atoms with E-state index in [-0.39, 0.29) is 30.1 Å². The Hall–Kier alpha value is -3.74. The van der Waals surface area contributed by atoms with Crippen LogP contribution in [0.2, 0.25) is 0 Å². The standard InChI is InChI=1S/C23H22N4O3/c1-16-7-9-17(10-8-16)11-13-24-19(28)12-14-27-15-25-22-20(23(27)29)21(26-30-22)18-5-3-2-4-6-18/h2-10,15H,11-14H2,1H3,(H,24,28). The van der Waals surface area contributed by atoms with Gasteiger partial charge in [-0.3, -0.25) is 14.2 Å². The van der Waals surface area contributed by atoms with E-state index in [1.807, 2.05) is 37.3 Å². The van der Waals surface area contributed by atoms with E-state index < -0.39 is 0 Å². The first-order valence-corrected chi connectivity index (χ1v) is 9.84. The molecule has 2 aromatic carbocycles. The second-order valence-corrected chi connectivity index (χ2v) is 7.16. The number of carbonyl (C=O) groups excluding carboxylic acids is 1. The van der Waals surface area contributed by atoms with Crippen molar-refractivity contribution in [2.24, 2.45) is 0 Å². The monoisotopic (exact) mass is 402 g/mol. The fourth-order valence-corrected chi connectivity index (χ4v) is 3.24. The molecule has 2 aromatic heterocycles. The number of hydrogen-bond acceptors (Lipinski definition) is 5. The van der Waals surface area contributed by atoms with Crippen molar-refractivity contribution in [2.75, 3.05) is 6.54 Å². The maximum atomic E-state index is 12.9. The van der Waals surface area contributed by atoms with Gasteiger partial charge in [-0.2, -0.15) is 0 Å². The van der Waals surface area contributed by atoms with E-state index in [4.69, 9.17) is 4.52 Å². The predicted molar refractivity (Wildman–Crippen MR) is 114 cm³/mol. The molecule has 152 valence electrons. The zero-order valence-electron chi connectivity index (χ0n) is 16.7. The van der Waals surface area contributed by atoms with Crippen LogP contribution < -0.4 is 10.9 Å². The third-order valence-electron chi connectivity index (χ3n) is 4.95. The first-order chi connectivity index (χ1) is 14.6. The second-order valence-electron chi connectivity index (χ2n) is 7.16. The molecule has 0 saturated carbocycles. The van der Waals surface area contributed by atoms with Crippen LogP contribution in [0.25, 0.3) is 22.4 Å². The van der Waals surface area contributed by atoms with Gasteiger partial charge in [0.1, 0.15) is 17.4 Å². The van der Waals surface area contributed by atoms with Crippen molar-refractivity contribution >= 4 is 17.0 Å². The van der Waals surface area contributed by atoms with E-state index in [2.05, 4.69) is 39.7 Å². The normalized spacial score (nSPS) is 11.0. The van der Waals surface area contributed by atoms with Gasteiger partial charge >= 0.3 is 0 Å². The zero-order chi connectivity index (χ0) is 20.9. The van der Waals surface area contributed by atoms with Crippen LogP contribution in [-0.2, 0) is 17.8 Å². The lowest BCUT2D eigenvalue weighted by Crippen LogP contribution is -2.29. The van der Waals surface area contributed by atoms with Crippen molar-refractivity contribution in [1.29, 1.82) is 0 Å². The Kier molecular flexibility index (Phi) is 5.70. The summed E-state index contributed by atoms with van der Waals surface area (Å²) in [6.07, 6.45) is 2.34. The highest BCUT2D eigenvalue weighted by atomic mass is 16.5. The molecule has 0 aliphatic heterocycles. The van der Waals surface area contributed by atoms with Crippen LogP contribution in [0.15, 0.2) is 70.2 Å². The smallest absolute Gasteiger partial charge is 0.266 e. The summed E-state index contributed by atoms with van der Waals surface area (Å²) in [6, 6.07) is 17.6. The van der Waals surface area contributed by atoms with E-state index in [1.54, 1.807) is 0 Å². The Labute approximate surface area is 173 Å². The van der Waals surface area contributed by atoms with Crippen LogP contribution in [0, 0.1) is 6.92 Å². The minimum atomic E-state index is -0.271. The molecule has 0 unspecified atom stereocenters. The molecule has 0 radical (unpaired) electrons. The zero-order valence-corrected chi connectivity index (χ0v) is 16.7. The van der Waals surface area contributed by atoms with Crippen molar-refractivity contribution < 1.29 is 9.32 Å². The summed E-state index contributed by atoms with van der Waals surface area (Å²) < 4.78 is 6.64. The molecular weight excluding hydrogens is 380 g/mol. The Morgan fingerprint density at radius 3 is 2.63 bits per heavy atom. The van der Waals surface area contributed by atoms with Gasteiger partial charge in [0.05, 0.1) is 0 Å². The fourth-order valence-electron chi connectivity index (χ4n) is 3.24. The van der Waals surface area contributed by atoms with Crippen LogP contribution in [0.5, 0.6) is 0 Å². The van der Waals surface area contributed by atoms with Gasteiger partial charge in [0.25, 0.3) is 11.3 Å². The first-order valence-electron chi connectivity index (χ1n) is 9.84. The lowest BCUT2D eigenvalue weighted by Gasteiger charge is -2.07. The Morgan fingerprint density at radius 1 is 1.10 bits per heavy atom. The van der Waals surface area contributed by atoms with Crippen molar-refractivity contribution in [3.63, 3.8) is 0 Å². The van der Waals surface area contributed by atoms with Crippen LogP contribution in [0.4, 0.5) is 0 Å². The number of carbonyl (C=O) groups is 1. The van der Waals surface area contributed by atoms with Crippen molar-refractivity contribution in [2.45, 2.75) is 26.3 Å². The molecule has 7 nitrogen and oxygen atoms in total. The second kappa shape index (κ2) is 8.73. The maximum Gasteiger partial charge on any atom is 0.266 e. The number of aromatic nitrogens is 3. The maximum absolute atomic E-state index is 12.9. The largest absolute Gasteiger partial charge is 0.356 e. The van der Waals surface area contributed by atoms with Gasteiger partial charge in [-0.25, -0.2) is 4.98 Å². The van der Waals surface area contributed by atoms with Gasteiger partial charge in [-0.15, -0.1) is 0 Å². The first kappa shape index (κ1) is 19.6. The molecule has 1 amide bonds. The van der Waals surface area contributed by atoms with E-state index in [0.29, 0.717) is 17.6 Å². The van der Waals surface area contributed by atoms with Crippen LogP contribution in [0.1, 0.15) is 17.5 Å². The third-order valence-corrected chi connectivity index (χ3v) is 4.95. The number of fused-ring (bicyclic) bond motifs is 1. The van der Waals surface area contributed by atoms with Gasteiger partial charge < -0.3 is 9.84 Å². The molecule has 7 heteroatoms. The molecule has 1 N–H and O–H groups in total. The fraction of sp³-hybridized carbons (Fsp3) is 0.217. The van der Waals surface area contributed by atoms with Crippen molar-refractivity contribution in [3.8, 4) is 11.3 Å². The minimum absolute atomic E-state index is 0.109. The number of rotatable bonds is 7. The molecule has 4 aromatic rings. The lowest BCUT2D eigenvalue weighted by molar-refractivity contribution is -0.121. The molecule has 0 fully saturated rings. The summed E-state index contributed by atoms with van der Waals surface area (Å²) in [4.78, 5) is 29.3. The summed E-state index contributed by atoms with van der Waals surface area (Å²) in [7, 11) is 0. The molecule has 0 saturated heterocycles. The number of nitrogens with one attached hydrogen (secondary N) is 1. The predicted octanol–water partition coefficient (Wildman–Crippen LogP) is 3.11. The molecule has 0 spiro atoms. The SMILES string of the molecule is Cc1ccc(CCNC(=O)CCn2cnc3onc(-c4ccccc4)c3c2=O)cc1. The highest BCUT2D eigenvalue weighted by Crippen LogP contribution is 2.23. The molecule has 2 heterocycles. The topological polar surface area (TPSA) is 90.0 Å². The molecular formula is C23H22N4O3. The third kappa shape index (κ3) is 4.30. The highest BCUT2D eigenvalue weighted by Gasteiger charge is 2.17. The molecule has 0 bridgehead atoms. The van der Waals surface area contributed by atoms with Crippen molar-refractivity contribution in [1.82, 2.24) is 20.0 Å². The molecule has 0 aliphatic carbocycles. The molecule has 30 heavy (non-hydrogen) atoms. The highest BCUT2D eigenvalue weighted by molar-refractivity contribution is 5.88. The van der Waals surface area contributed by atoms with Crippen LogP contribution in [0.3, 0.4) is 0 Å². The Balaban J connectivity index is 1.40. The van der Waals surface area contributed by atoms with E-state index in [0.717, 1.165) is 12.0 Å².